The van der Waals surface area contributed by atoms with Crippen molar-refractivity contribution < 1.29 is 9.90 Å². The molecule has 1 aromatic carbocycles. The minimum absolute atomic E-state index is 0.136. The largest absolute Gasteiger partial charge is 0.478 e. The quantitative estimate of drug-likeness (QED) is 0.907. The van der Waals surface area contributed by atoms with Crippen LogP contribution in [0.3, 0.4) is 0 Å². The molecule has 106 valence electrons. The zero-order valence-corrected chi connectivity index (χ0v) is 12.6. The van der Waals surface area contributed by atoms with E-state index in [9.17, 15) is 9.90 Å². The zero-order valence-electron chi connectivity index (χ0n) is 12.6. The molecule has 4 nitrogen and oxygen atoms in total. The molecule has 1 N–H and O–H groups in total. The van der Waals surface area contributed by atoms with Gasteiger partial charge in [0, 0.05) is 6.04 Å². The number of benzene rings is 1. The smallest absolute Gasteiger partial charge is 0.337 e. The van der Waals surface area contributed by atoms with Crippen molar-refractivity contribution in [2.24, 2.45) is 10.8 Å². The van der Waals surface area contributed by atoms with Crippen molar-refractivity contribution in [3.05, 3.63) is 29.6 Å². The second kappa shape index (κ2) is 3.62. The Balaban J connectivity index is 2.32. The average Bonchev–Trinajstić information content (AvgIpc) is 2.63. The number of fused-ring (bicyclic) bond motifs is 1. The van der Waals surface area contributed by atoms with Gasteiger partial charge in [0.15, 0.2) is 0 Å². The van der Waals surface area contributed by atoms with E-state index < -0.39 is 5.97 Å². The van der Waals surface area contributed by atoms with Crippen molar-refractivity contribution in [1.29, 1.82) is 0 Å². The molecule has 0 bridgehead atoms. The Labute approximate surface area is 118 Å². The number of carboxylic acids is 1. The lowest BCUT2D eigenvalue weighted by Crippen LogP contribution is -2.07. The highest BCUT2D eigenvalue weighted by atomic mass is 16.4. The summed E-state index contributed by atoms with van der Waals surface area (Å²) in [7, 11) is 0. The molecule has 1 fully saturated rings. The average molecular weight is 272 g/mol. The van der Waals surface area contributed by atoms with E-state index in [2.05, 4.69) is 37.2 Å². The Morgan fingerprint density at radius 3 is 2.35 bits per heavy atom. The van der Waals surface area contributed by atoms with Crippen LogP contribution in [0.15, 0.2) is 18.2 Å². The van der Waals surface area contributed by atoms with Gasteiger partial charge in [-0.1, -0.05) is 33.8 Å². The number of para-hydroxylation sites is 1. The molecule has 1 aliphatic carbocycles. The fourth-order valence-electron chi connectivity index (χ4n) is 3.56. The fraction of sp³-hybridized carbons (Fsp3) is 0.500. The van der Waals surface area contributed by atoms with E-state index in [1.54, 1.807) is 12.1 Å². The van der Waals surface area contributed by atoms with Gasteiger partial charge in [0.05, 0.1) is 16.6 Å². The number of aryl methyl sites for hydroxylation is 1. The summed E-state index contributed by atoms with van der Waals surface area (Å²) in [4.78, 5) is 16.0. The molecule has 0 spiro atoms. The minimum Gasteiger partial charge on any atom is -0.478 e. The first kappa shape index (κ1) is 13.2. The molecule has 1 heterocycles. The van der Waals surface area contributed by atoms with Crippen LogP contribution in [-0.4, -0.2) is 20.6 Å². The summed E-state index contributed by atoms with van der Waals surface area (Å²) in [6, 6.07) is 5.57. The number of hydrogen-bond acceptors (Lipinski definition) is 2. The highest BCUT2D eigenvalue weighted by Gasteiger charge is 2.66. The predicted molar refractivity (Wildman–Crippen MR) is 78.0 cm³/mol. The molecular weight excluding hydrogens is 252 g/mol. The van der Waals surface area contributed by atoms with Crippen molar-refractivity contribution in [3.63, 3.8) is 0 Å². The van der Waals surface area contributed by atoms with E-state index in [4.69, 9.17) is 0 Å². The van der Waals surface area contributed by atoms with E-state index in [0.29, 0.717) is 5.56 Å². The van der Waals surface area contributed by atoms with Gasteiger partial charge in [0.25, 0.3) is 0 Å². The van der Waals surface area contributed by atoms with Crippen LogP contribution in [-0.2, 0) is 0 Å². The fourth-order valence-corrected chi connectivity index (χ4v) is 3.56. The zero-order chi connectivity index (χ0) is 14.9. The molecule has 0 atom stereocenters. The third-order valence-electron chi connectivity index (χ3n) is 5.32. The molecule has 2 aromatic rings. The molecule has 0 saturated heterocycles. The molecule has 4 heteroatoms. The molecule has 0 aliphatic heterocycles. The van der Waals surface area contributed by atoms with Gasteiger partial charge < -0.3 is 9.67 Å². The number of aromatic nitrogens is 2. The van der Waals surface area contributed by atoms with Crippen LogP contribution >= 0.6 is 0 Å². The van der Waals surface area contributed by atoms with Crippen LogP contribution in [0.4, 0.5) is 0 Å². The van der Waals surface area contributed by atoms with Crippen molar-refractivity contribution >= 4 is 17.0 Å². The molecule has 1 aromatic heterocycles. The molecule has 1 saturated carbocycles. The maximum Gasteiger partial charge on any atom is 0.337 e. The number of carbonyl (C=O) groups is 1. The van der Waals surface area contributed by atoms with E-state index in [1.165, 1.54) is 0 Å². The van der Waals surface area contributed by atoms with E-state index in [0.717, 1.165) is 16.9 Å². The van der Waals surface area contributed by atoms with Gasteiger partial charge in [-0.3, -0.25) is 0 Å². The van der Waals surface area contributed by atoms with Gasteiger partial charge in [-0.05, 0) is 29.9 Å². The second-order valence-electron chi connectivity index (χ2n) is 6.85. The summed E-state index contributed by atoms with van der Waals surface area (Å²) < 4.78 is 2.12. The van der Waals surface area contributed by atoms with Crippen LogP contribution in [0.2, 0.25) is 0 Å². The lowest BCUT2D eigenvalue weighted by molar-refractivity contribution is 0.0698. The van der Waals surface area contributed by atoms with Crippen LogP contribution in [0.5, 0.6) is 0 Å². The number of hydrogen-bond donors (Lipinski definition) is 1. The van der Waals surface area contributed by atoms with E-state index >= 15 is 0 Å². The van der Waals surface area contributed by atoms with E-state index in [1.807, 2.05) is 13.0 Å². The summed E-state index contributed by atoms with van der Waals surface area (Å²) in [5.74, 6) is -0.00892. The standard InChI is InChI=1S/C16H20N2O2/c1-9-17-11-8-6-7-10(13(19)20)12(11)18(9)14-15(2,3)16(14,4)5/h6-8,14H,1-5H3,(H,19,20). The summed E-state index contributed by atoms with van der Waals surface area (Å²) >= 11 is 0. The minimum atomic E-state index is -0.895. The van der Waals surface area contributed by atoms with Gasteiger partial charge in [0.2, 0.25) is 0 Å². The Hall–Kier alpha value is -1.84. The maximum atomic E-state index is 11.5. The first-order valence-electron chi connectivity index (χ1n) is 6.90. The maximum absolute atomic E-state index is 11.5. The lowest BCUT2D eigenvalue weighted by Gasteiger charge is -2.10. The number of aromatic carboxylic acids is 1. The summed E-state index contributed by atoms with van der Waals surface area (Å²) in [6.07, 6.45) is 0. The molecule has 0 unspecified atom stereocenters. The molecule has 0 amide bonds. The van der Waals surface area contributed by atoms with Crippen molar-refractivity contribution in [2.75, 3.05) is 0 Å². The van der Waals surface area contributed by atoms with Gasteiger partial charge in [-0.2, -0.15) is 0 Å². The topological polar surface area (TPSA) is 55.1 Å². The monoisotopic (exact) mass is 272 g/mol. The predicted octanol–water partition coefficient (Wildman–Crippen LogP) is 3.65. The highest BCUT2D eigenvalue weighted by Crippen LogP contribution is 2.72. The lowest BCUT2D eigenvalue weighted by atomic mass is 10.0. The van der Waals surface area contributed by atoms with Gasteiger partial charge >= 0.3 is 5.97 Å². The molecular formula is C16H20N2O2. The third kappa shape index (κ3) is 1.42. The van der Waals surface area contributed by atoms with Gasteiger partial charge in [0.1, 0.15) is 5.82 Å². The molecule has 0 radical (unpaired) electrons. The third-order valence-corrected chi connectivity index (χ3v) is 5.32. The van der Waals surface area contributed by atoms with Gasteiger partial charge in [-0.25, -0.2) is 9.78 Å². The second-order valence-corrected chi connectivity index (χ2v) is 6.85. The van der Waals surface area contributed by atoms with Crippen molar-refractivity contribution in [3.8, 4) is 0 Å². The van der Waals surface area contributed by atoms with E-state index in [-0.39, 0.29) is 16.9 Å². The van der Waals surface area contributed by atoms with Gasteiger partial charge in [-0.15, -0.1) is 0 Å². The summed E-state index contributed by atoms with van der Waals surface area (Å²) in [5.41, 5.74) is 2.12. The van der Waals surface area contributed by atoms with Crippen LogP contribution in [0, 0.1) is 17.8 Å². The number of rotatable bonds is 2. The van der Waals surface area contributed by atoms with Crippen LogP contribution < -0.4 is 0 Å². The first-order chi connectivity index (χ1) is 9.19. The number of nitrogens with zero attached hydrogens (tertiary/aromatic N) is 2. The molecule has 3 rings (SSSR count). The summed E-state index contributed by atoms with van der Waals surface area (Å²) in [5, 5.41) is 9.44. The Kier molecular flexibility index (Phi) is 2.38. The Bertz CT molecular complexity index is 711. The normalized spacial score (nSPS) is 20.2. The Morgan fingerprint density at radius 1 is 1.25 bits per heavy atom. The van der Waals surface area contributed by atoms with Crippen molar-refractivity contribution in [2.45, 2.75) is 40.7 Å². The SMILES string of the molecule is Cc1nc2cccc(C(=O)O)c2n1C1C(C)(C)C1(C)C. The number of imidazole rings is 1. The molecule has 1 aliphatic rings. The summed E-state index contributed by atoms with van der Waals surface area (Å²) in [6.45, 7) is 10.9. The van der Waals surface area contributed by atoms with Crippen LogP contribution in [0.25, 0.3) is 11.0 Å². The molecule has 20 heavy (non-hydrogen) atoms. The highest BCUT2D eigenvalue weighted by molar-refractivity contribution is 6.01. The van der Waals surface area contributed by atoms with Crippen molar-refractivity contribution in [1.82, 2.24) is 9.55 Å². The Morgan fingerprint density at radius 2 is 1.85 bits per heavy atom. The number of carboxylic acid groups (broad SMARTS) is 1. The van der Waals surface area contributed by atoms with Crippen LogP contribution in [0.1, 0.15) is 49.9 Å². The first-order valence-corrected chi connectivity index (χ1v) is 6.90.